The number of nitrogens with one attached hydrogen (secondary N) is 1. The molecule has 1 rings (SSSR count). The van der Waals surface area contributed by atoms with Crippen LogP contribution in [0, 0.1) is 0 Å². The molecule has 0 spiro atoms. The van der Waals surface area contributed by atoms with Crippen molar-refractivity contribution in [2.45, 2.75) is 13.0 Å². The van der Waals surface area contributed by atoms with Crippen molar-refractivity contribution in [1.82, 2.24) is 9.97 Å². The van der Waals surface area contributed by atoms with Crippen LogP contribution in [0.1, 0.15) is 6.92 Å². The minimum absolute atomic E-state index is 0.159. The van der Waals surface area contributed by atoms with Crippen LogP contribution < -0.4 is 15.8 Å². The van der Waals surface area contributed by atoms with Gasteiger partial charge in [-0.2, -0.15) is 4.98 Å². The zero-order chi connectivity index (χ0) is 9.68. The number of hydrogen-bond acceptors (Lipinski definition) is 5. The topological polar surface area (TPSA) is 73.1 Å². The van der Waals surface area contributed by atoms with Gasteiger partial charge in [0.2, 0.25) is 11.8 Å². The molecule has 0 saturated carbocycles. The maximum Gasteiger partial charge on any atom is 0.226 e. The van der Waals surface area contributed by atoms with Crippen molar-refractivity contribution in [2.75, 3.05) is 19.0 Å². The summed E-state index contributed by atoms with van der Waals surface area (Å²) in [5.41, 5.74) is 5.44. The number of ether oxygens (including phenoxy) is 1. The number of nitrogens with zero attached hydrogens (tertiary/aromatic N) is 2. The molecule has 0 bridgehead atoms. The van der Waals surface area contributed by atoms with Crippen LogP contribution in [0.4, 0.5) is 5.95 Å². The van der Waals surface area contributed by atoms with Gasteiger partial charge in [0.1, 0.15) is 0 Å². The molecule has 3 N–H and O–H groups in total. The minimum Gasteiger partial charge on any atom is -0.481 e. The van der Waals surface area contributed by atoms with Crippen LogP contribution in [-0.2, 0) is 0 Å². The van der Waals surface area contributed by atoms with Gasteiger partial charge in [-0.1, -0.05) is 0 Å². The Kier molecular flexibility index (Phi) is 3.45. The van der Waals surface area contributed by atoms with Crippen LogP contribution >= 0.6 is 0 Å². The molecule has 0 fully saturated rings. The average molecular weight is 182 g/mol. The Labute approximate surface area is 77.3 Å². The van der Waals surface area contributed by atoms with Crippen molar-refractivity contribution in [3.63, 3.8) is 0 Å². The predicted molar refractivity (Wildman–Crippen MR) is 50.7 cm³/mol. The number of hydrogen-bond donors (Lipinski definition) is 2. The van der Waals surface area contributed by atoms with Crippen molar-refractivity contribution in [3.05, 3.63) is 12.3 Å². The van der Waals surface area contributed by atoms with E-state index in [-0.39, 0.29) is 6.04 Å². The van der Waals surface area contributed by atoms with Crippen LogP contribution in [-0.4, -0.2) is 29.7 Å². The van der Waals surface area contributed by atoms with Crippen molar-refractivity contribution in [3.8, 4) is 5.88 Å². The van der Waals surface area contributed by atoms with Crippen molar-refractivity contribution < 1.29 is 4.74 Å². The van der Waals surface area contributed by atoms with Crippen molar-refractivity contribution in [1.29, 1.82) is 0 Å². The molecule has 0 saturated heterocycles. The van der Waals surface area contributed by atoms with E-state index in [1.165, 1.54) is 0 Å². The summed E-state index contributed by atoms with van der Waals surface area (Å²) < 4.78 is 4.95. The highest BCUT2D eigenvalue weighted by atomic mass is 16.5. The molecule has 0 aliphatic rings. The molecule has 5 nitrogen and oxygen atoms in total. The van der Waals surface area contributed by atoms with Crippen molar-refractivity contribution in [2.24, 2.45) is 5.73 Å². The highest BCUT2D eigenvalue weighted by molar-refractivity contribution is 5.28. The quantitative estimate of drug-likeness (QED) is 0.698. The first-order chi connectivity index (χ1) is 6.26. The molecular formula is C8H14N4O. The number of nitrogens with two attached hydrogens (primary N) is 1. The average Bonchev–Trinajstić information content (AvgIpc) is 2.18. The molecule has 13 heavy (non-hydrogen) atoms. The van der Waals surface area contributed by atoms with Gasteiger partial charge in [0, 0.05) is 24.8 Å². The number of anilines is 1. The summed E-state index contributed by atoms with van der Waals surface area (Å²) in [6, 6.07) is 1.85. The first kappa shape index (κ1) is 9.73. The van der Waals surface area contributed by atoms with E-state index < -0.39 is 0 Å². The molecule has 1 aromatic heterocycles. The predicted octanol–water partition coefficient (Wildman–Crippen LogP) is 0.244. The van der Waals surface area contributed by atoms with Crippen LogP contribution in [0.2, 0.25) is 0 Å². The van der Waals surface area contributed by atoms with Gasteiger partial charge in [-0.3, -0.25) is 0 Å². The van der Waals surface area contributed by atoms with E-state index >= 15 is 0 Å². The third-order valence-electron chi connectivity index (χ3n) is 1.57. The first-order valence-corrected chi connectivity index (χ1v) is 4.10. The normalized spacial score (nSPS) is 12.2. The molecule has 1 atom stereocenters. The summed E-state index contributed by atoms with van der Waals surface area (Å²) in [5, 5.41) is 3.04. The standard InChI is InChI=1S/C8H14N4O/c1-6(5-9)11-8-10-4-3-7(12-8)13-2/h3-4,6H,5,9H2,1-2H3,(H,10,11,12). The van der Waals surface area contributed by atoms with E-state index in [0.717, 1.165) is 0 Å². The second-order valence-electron chi connectivity index (χ2n) is 2.70. The molecule has 1 unspecified atom stereocenters. The zero-order valence-electron chi connectivity index (χ0n) is 7.82. The molecule has 5 heteroatoms. The molecular weight excluding hydrogens is 168 g/mol. The van der Waals surface area contributed by atoms with Gasteiger partial charge in [-0.15, -0.1) is 0 Å². The van der Waals surface area contributed by atoms with E-state index in [4.69, 9.17) is 10.5 Å². The van der Waals surface area contributed by atoms with Gasteiger partial charge in [0.15, 0.2) is 0 Å². The summed E-state index contributed by atoms with van der Waals surface area (Å²) in [4.78, 5) is 8.10. The fourth-order valence-corrected chi connectivity index (χ4v) is 0.805. The maximum atomic E-state index is 5.44. The SMILES string of the molecule is COc1ccnc(NC(C)CN)n1. The van der Waals surface area contributed by atoms with Gasteiger partial charge >= 0.3 is 0 Å². The highest BCUT2D eigenvalue weighted by Crippen LogP contribution is 2.07. The lowest BCUT2D eigenvalue weighted by atomic mass is 10.3. The number of methoxy groups -OCH3 is 1. The van der Waals surface area contributed by atoms with Gasteiger partial charge in [0.05, 0.1) is 7.11 Å². The van der Waals surface area contributed by atoms with E-state index in [9.17, 15) is 0 Å². The molecule has 1 heterocycles. The monoisotopic (exact) mass is 182 g/mol. The van der Waals surface area contributed by atoms with E-state index in [0.29, 0.717) is 18.4 Å². The Balaban J connectivity index is 2.66. The third kappa shape index (κ3) is 2.87. The lowest BCUT2D eigenvalue weighted by molar-refractivity contribution is 0.397. The fraction of sp³-hybridized carbons (Fsp3) is 0.500. The smallest absolute Gasteiger partial charge is 0.226 e. The van der Waals surface area contributed by atoms with E-state index in [1.54, 1.807) is 19.4 Å². The van der Waals surface area contributed by atoms with E-state index in [1.807, 2.05) is 6.92 Å². The minimum atomic E-state index is 0.159. The fourth-order valence-electron chi connectivity index (χ4n) is 0.805. The Morgan fingerprint density at radius 3 is 3.08 bits per heavy atom. The summed E-state index contributed by atoms with van der Waals surface area (Å²) in [5.74, 6) is 1.08. The Morgan fingerprint density at radius 2 is 2.46 bits per heavy atom. The second-order valence-corrected chi connectivity index (χ2v) is 2.70. The summed E-state index contributed by atoms with van der Waals surface area (Å²) in [6.45, 7) is 2.50. The van der Waals surface area contributed by atoms with Gasteiger partial charge in [-0.25, -0.2) is 4.98 Å². The largest absolute Gasteiger partial charge is 0.481 e. The van der Waals surface area contributed by atoms with Gasteiger partial charge < -0.3 is 15.8 Å². The van der Waals surface area contributed by atoms with Gasteiger partial charge in [0.25, 0.3) is 0 Å². The zero-order valence-corrected chi connectivity index (χ0v) is 7.82. The van der Waals surface area contributed by atoms with Crippen LogP contribution in [0.3, 0.4) is 0 Å². The third-order valence-corrected chi connectivity index (χ3v) is 1.57. The van der Waals surface area contributed by atoms with Crippen LogP contribution in [0.25, 0.3) is 0 Å². The highest BCUT2D eigenvalue weighted by Gasteiger charge is 2.02. The number of rotatable bonds is 4. The molecule has 0 aromatic carbocycles. The molecule has 0 amide bonds. The molecule has 72 valence electrons. The Bertz CT molecular complexity index is 266. The second kappa shape index (κ2) is 4.61. The summed E-state index contributed by atoms with van der Waals surface area (Å²) >= 11 is 0. The number of aromatic nitrogens is 2. The van der Waals surface area contributed by atoms with Crippen LogP contribution in [0.5, 0.6) is 5.88 Å². The lowest BCUT2D eigenvalue weighted by Crippen LogP contribution is -2.26. The van der Waals surface area contributed by atoms with Crippen LogP contribution in [0.15, 0.2) is 12.3 Å². The summed E-state index contributed by atoms with van der Waals surface area (Å²) in [6.07, 6.45) is 1.64. The molecule has 0 radical (unpaired) electrons. The molecule has 1 aromatic rings. The van der Waals surface area contributed by atoms with E-state index in [2.05, 4.69) is 15.3 Å². The van der Waals surface area contributed by atoms with Gasteiger partial charge in [-0.05, 0) is 6.92 Å². The maximum absolute atomic E-state index is 5.44. The lowest BCUT2D eigenvalue weighted by Gasteiger charge is -2.10. The Morgan fingerprint density at radius 1 is 1.69 bits per heavy atom. The molecule has 0 aliphatic heterocycles. The Hall–Kier alpha value is -1.36. The van der Waals surface area contributed by atoms with Crippen molar-refractivity contribution >= 4 is 5.95 Å². The molecule has 0 aliphatic carbocycles. The first-order valence-electron chi connectivity index (χ1n) is 4.10. The summed E-state index contributed by atoms with van der Waals surface area (Å²) in [7, 11) is 1.57.